The molecule has 55 heavy (non-hydrogen) atoms. The first-order valence-electron chi connectivity index (χ1n) is 21.4. The van der Waals surface area contributed by atoms with Crippen LogP contribution in [0, 0.1) is 0 Å². The van der Waals surface area contributed by atoms with Gasteiger partial charge in [-0.25, -0.2) is 0 Å². The molecule has 0 radical (unpaired) electrons. The van der Waals surface area contributed by atoms with E-state index in [1.165, 1.54) is 57.8 Å². The summed E-state index contributed by atoms with van der Waals surface area (Å²) in [5, 5.41) is 30.8. The van der Waals surface area contributed by atoms with Crippen LogP contribution in [0.5, 0.6) is 0 Å². The van der Waals surface area contributed by atoms with Crippen LogP contribution in [0.25, 0.3) is 0 Å². The molecule has 1 heterocycles. The first-order valence-corrected chi connectivity index (χ1v) is 23.0. The first-order chi connectivity index (χ1) is 26.5. The van der Waals surface area contributed by atoms with E-state index in [9.17, 15) is 37.9 Å². The number of aliphatic hydroxyl groups excluding tert-OH is 3. The minimum atomic E-state index is -4.60. The van der Waals surface area contributed by atoms with E-state index in [2.05, 4.69) is 38.2 Å². The van der Waals surface area contributed by atoms with Crippen LogP contribution in [-0.4, -0.2) is 96.0 Å². The van der Waals surface area contributed by atoms with Crippen molar-refractivity contribution in [1.29, 1.82) is 0 Å². The van der Waals surface area contributed by atoms with Crippen molar-refractivity contribution >= 4 is 22.1 Å². The molecular formula is C42H76O12S. The Kier molecular flexibility index (Phi) is 30.8. The number of rotatable bonds is 35. The van der Waals surface area contributed by atoms with Crippen LogP contribution in [-0.2, 0) is 38.7 Å². The van der Waals surface area contributed by atoms with Gasteiger partial charge in [0.05, 0.1) is 6.61 Å². The molecule has 0 bridgehead atoms. The third-order valence-corrected chi connectivity index (χ3v) is 10.5. The van der Waals surface area contributed by atoms with Crippen molar-refractivity contribution < 1.29 is 56.8 Å². The van der Waals surface area contributed by atoms with Crippen LogP contribution in [0.2, 0.25) is 0 Å². The Labute approximate surface area is 332 Å². The molecule has 1 aliphatic rings. The van der Waals surface area contributed by atoms with Gasteiger partial charge >= 0.3 is 11.9 Å². The molecule has 1 saturated heterocycles. The summed E-state index contributed by atoms with van der Waals surface area (Å²) in [6.45, 7) is 3.71. The fourth-order valence-corrected chi connectivity index (χ4v) is 7.06. The van der Waals surface area contributed by atoms with Gasteiger partial charge in [0.15, 0.2) is 12.4 Å². The number of esters is 2. The molecule has 13 heteroatoms. The molecule has 6 atom stereocenters. The van der Waals surface area contributed by atoms with Gasteiger partial charge in [-0.1, -0.05) is 122 Å². The summed E-state index contributed by atoms with van der Waals surface area (Å²) in [4.78, 5) is 25.3. The first kappa shape index (κ1) is 51.1. The fourth-order valence-electron chi connectivity index (χ4n) is 6.37. The number of carbonyl (C=O) groups is 2. The summed E-state index contributed by atoms with van der Waals surface area (Å²) >= 11 is 0. The Bertz CT molecular complexity index is 1130. The molecule has 0 amide bonds. The van der Waals surface area contributed by atoms with Crippen LogP contribution < -0.4 is 0 Å². The van der Waals surface area contributed by atoms with E-state index in [1.54, 1.807) is 0 Å². The maximum atomic E-state index is 12.8. The van der Waals surface area contributed by atoms with Gasteiger partial charge in [0.2, 0.25) is 0 Å². The van der Waals surface area contributed by atoms with Crippen LogP contribution in [0.3, 0.4) is 0 Å². The van der Waals surface area contributed by atoms with E-state index >= 15 is 0 Å². The molecule has 322 valence electrons. The largest absolute Gasteiger partial charge is 0.462 e. The van der Waals surface area contributed by atoms with Gasteiger partial charge in [0.25, 0.3) is 10.1 Å². The lowest BCUT2D eigenvalue weighted by Crippen LogP contribution is -2.60. The second-order valence-electron chi connectivity index (χ2n) is 15.0. The van der Waals surface area contributed by atoms with E-state index < -0.39 is 71.2 Å². The molecule has 0 aromatic heterocycles. The van der Waals surface area contributed by atoms with E-state index in [4.69, 9.17) is 18.9 Å². The third kappa shape index (κ3) is 28.2. The highest BCUT2D eigenvalue weighted by molar-refractivity contribution is 7.85. The minimum Gasteiger partial charge on any atom is -0.462 e. The summed E-state index contributed by atoms with van der Waals surface area (Å²) in [5.41, 5.74) is 0. The molecule has 1 aliphatic heterocycles. The van der Waals surface area contributed by atoms with E-state index in [1.807, 2.05) is 0 Å². The van der Waals surface area contributed by atoms with Crippen LogP contribution >= 0.6 is 0 Å². The van der Waals surface area contributed by atoms with Gasteiger partial charge in [-0.15, -0.1) is 0 Å². The number of allylic oxidation sites excluding steroid dienone is 4. The highest BCUT2D eigenvalue weighted by Crippen LogP contribution is 2.24. The molecule has 4 N–H and O–H groups in total. The number of ether oxygens (including phenoxy) is 4. The molecule has 1 rings (SSSR count). The maximum Gasteiger partial charge on any atom is 0.306 e. The maximum absolute atomic E-state index is 12.8. The zero-order valence-corrected chi connectivity index (χ0v) is 34.9. The Morgan fingerprint density at radius 3 is 1.53 bits per heavy atom. The zero-order valence-electron chi connectivity index (χ0n) is 34.0. The van der Waals surface area contributed by atoms with Crippen molar-refractivity contribution in [2.24, 2.45) is 0 Å². The summed E-state index contributed by atoms with van der Waals surface area (Å²) < 4.78 is 53.9. The molecule has 0 saturated carbocycles. The van der Waals surface area contributed by atoms with Gasteiger partial charge in [-0.05, 0) is 64.2 Å². The summed E-state index contributed by atoms with van der Waals surface area (Å²) in [6, 6.07) is 0. The summed E-state index contributed by atoms with van der Waals surface area (Å²) in [6.07, 6.45) is 25.1. The average molecular weight is 805 g/mol. The molecule has 0 aliphatic carbocycles. The Morgan fingerprint density at radius 2 is 1.04 bits per heavy atom. The Morgan fingerprint density at radius 1 is 0.600 bits per heavy atom. The Balaban J connectivity index is 2.49. The third-order valence-electron chi connectivity index (χ3n) is 9.75. The number of aliphatic hydroxyl groups is 3. The second-order valence-corrected chi connectivity index (χ2v) is 16.5. The van der Waals surface area contributed by atoms with Crippen molar-refractivity contribution in [3.05, 3.63) is 24.3 Å². The van der Waals surface area contributed by atoms with Crippen LogP contribution in [0.1, 0.15) is 174 Å². The van der Waals surface area contributed by atoms with E-state index in [0.29, 0.717) is 12.8 Å². The molecule has 0 spiro atoms. The Hall–Kier alpha value is -1.87. The standard InChI is InChI=1S/C42H76O12S/c1-3-5-7-9-11-13-15-17-19-20-22-24-26-28-30-37(43)51-32-35(33-52-42-41(47)40(46)39(45)36(54-42)34-55(48,49)50)53-38(44)31-29-27-25-23-21-18-16-14-12-10-8-6-4-2/h14-17,35-36,39-42,45-47H,3-13,18-34H2,1-2H3,(H,48,49,50)/b16-14+,17-15+/t35-,36-,39-,40?,41?,42+/m1/s1. The van der Waals surface area contributed by atoms with Gasteiger partial charge in [0, 0.05) is 12.8 Å². The number of carbonyl (C=O) groups excluding carboxylic acids is 2. The highest BCUT2D eigenvalue weighted by Gasteiger charge is 2.46. The molecule has 0 aromatic carbocycles. The lowest BCUT2D eigenvalue weighted by molar-refractivity contribution is -0.297. The van der Waals surface area contributed by atoms with Crippen molar-refractivity contribution in [3.63, 3.8) is 0 Å². The predicted octanol–water partition coefficient (Wildman–Crippen LogP) is 8.06. The van der Waals surface area contributed by atoms with Crippen LogP contribution in [0.15, 0.2) is 24.3 Å². The van der Waals surface area contributed by atoms with Crippen molar-refractivity contribution in [3.8, 4) is 0 Å². The monoisotopic (exact) mass is 805 g/mol. The zero-order chi connectivity index (χ0) is 40.6. The summed E-state index contributed by atoms with van der Waals surface area (Å²) in [5.74, 6) is -2.00. The SMILES string of the molecule is CCCCCC/C=C/CCCCCCCC(=O)O[C@H](COC(=O)CCCCCCC/C=C/CCCCCCC)CO[C@H]1O[C@H](CS(=O)(=O)O)[C@@H](O)C(O)C1O. The van der Waals surface area contributed by atoms with Crippen molar-refractivity contribution in [2.45, 2.75) is 211 Å². The normalized spacial score (nSPS) is 21.0. The highest BCUT2D eigenvalue weighted by atomic mass is 32.2. The lowest BCUT2D eigenvalue weighted by Gasteiger charge is -2.40. The average Bonchev–Trinajstić information content (AvgIpc) is 3.14. The van der Waals surface area contributed by atoms with Gasteiger partial charge in [-0.2, -0.15) is 8.42 Å². The fraction of sp³-hybridized carbons (Fsp3) is 0.857. The number of unbranched alkanes of at least 4 members (excludes halogenated alkanes) is 19. The van der Waals surface area contributed by atoms with Gasteiger partial charge in [0.1, 0.15) is 36.8 Å². The topological polar surface area (TPSA) is 186 Å². The number of hydrogen-bond donors (Lipinski definition) is 4. The molecule has 12 nitrogen and oxygen atoms in total. The molecular weight excluding hydrogens is 729 g/mol. The smallest absolute Gasteiger partial charge is 0.306 e. The molecule has 2 unspecified atom stereocenters. The lowest BCUT2D eigenvalue weighted by atomic mass is 10.00. The van der Waals surface area contributed by atoms with Crippen LogP contribution in [0.4, 0.5) is 0 Å². The van der Waals surface area contributed by atoms with Gasteiger partial charge < -0.3 is 34.3 Å². The van der Waals surface area contributed by atoms with E-state index in [0.717, 1.165) is 77.0 Å². The van der Waals surface area contributed by atoms with Gasteiger partial charge in [-0.3, -0.25) is 14.1 Å². The summed E-state index contributed by atoms with van der Waals surface area (Å²) in [7, 11) is -4.60. The number of hydrogen-bond acceptors (Lipinski definition) is 11. The quantitative estimate of drug-likeness (QED) is 0.0209. The molecule has 1 fully saturated rings. The van der Waals surface area contributed by atoms with Crippen molar-refractivity contribution in [2.75, 3.05) is 19.0 Å². The predicted molar refractivity (Wildman–Crippen MR) is 215 cm³/mol. The molecule has 0 aromatic rings. The second kappa shape index (κ2) is 33.1. The van der Waals surface area contributed by atoms with E-state index in [-0.39, 0.29) is 19.4 Å². The minimum absolute atomic E-state index is 0.154. The van der Waals surface area contributed by atoms with Crippen molar-refractivity contribution in [1.82, 2.24) is 0 Å².